The lowest BCUT2D eigenvalue weighted by Crippen LogP contribution is -2.30. The summed E-state index contributed by atoms with van der Waals surface area (Å²) in [7, 11) is 0. The SMILES string of the molecule is CC1CCC2CC(I)CCC2C1. The minimum Gasteiger partial charge on any atom is -0.0826 e. The van der Waals surface area contributed by atoms with Crippen molar-refractivity contribution < 1.29 is 0 Å². The molecule has 4 unspecified atom stereocenters. The molecule has 0 heterocycles. The molecule has 0 spiro atoms. The third kappa shape index (κ3) is 1.97. The lowest BCUT2D eigenvalue weighted by molar-refractivity contribution is 0.143. The molecule has 0 aromatic heterocycles. The molecule has 12 heavy (non-hydrogen) atoms. The highest BCUT2D eigenvalue weighted by molar-refractivity contribution is 14.1. The van der Waals surface area contributed by atoms with Crippen molar-refractivity contribution in [1.29, 1.82) is 0 Å². The maximum absolute atomic E-state index is 2.65. The van der Waals surface area contributed by atoms with Gasteiger partial charge in [0.15, 0.2) is 0 Å². The van der Waals surface area contributed by atoms with E-state index in [-0.39, 0.29) is 0 Å². The average Bonchev–Trinajstić information content (AvgIpc) is 2.05. The zero-order chi connectivity index (χ0) is 8.55. The molecule has 0 bridgehead atoms. The van der Waals surface area contributed by atoms with Crippen molar-refractivity contribution in [2.24, 2.45) is 17.8 Å². The van der Waals surface area contributed by atoms with Gasteiger partial charge in [-0.25, -0.2) is 0 Å². The fourth-order valence-electron chi connectivity index (χ4n) is 3.07. The largest absolute Gasteiger partial charge is 0.0826 e. The number of fused-ring (bicyclic) bond motifs is 1. The highest BCUT2D eigenvalue weighted by Gasteiger charge is 2.33. The summed E-state index contributed by atoms with van der Waals surface area (Å²) >= 11 is 2.65. The van der Waals surface area contributed by atoms with Crippen LogP contribution in [-0.2, 0) is 0 Å². The van der Waals surface area contributed by atoms with Crippen molar-refractivity contribution in [2.45, 2.75) is 49.4 Å². The third-order valence-electron chi connectivity index (χ3n) is 3.81. The van der Waals surface area contributed by atoms with Gasteiger partial charge in [-0.15, -0.1) is 0 Å². The maximum atomic E-state index is 2.65. The fraction of sp³-hybridized carbons (Fsp3) is 1.00. The summed E-state index contributed by atoms with van der Waals surface area (Å²) in [6.45, 7) is 2.44. The molecule has 2 fully saturated rings. The topological polar surface area (TPSA) is 0 Å². The Hall–Kier alpha value is 0.730. The number of alkyl halides is 1. The summed E-state index contributed by atoms with van der Waals surface area (Å²) in [5.41, 5.74) is 0. The number of halogens is 1. The first kappa shape index (κ1) is 9.29. The predicted molar refractivity (Wildman–Crippen MR) is 61.7 cm³/mol. The molecule has 0 aromatic rings. The van der Waals surface area contributed by atoms with E-state index < -0.39 is 0 Å². The highest BCUT2D eigenvalue weighted by atomic mass is 127. The number of hydrogen-bond acceptors (Lipinski definition) is 0. The van der Waals surface area contributed by atoms with Gasteiger partial charge in [0.2, 0.25) is 0 Å². The highest BCUT2D eigenvalue weighted by Crippen LogP contribution is 2.44. The van der Waals surface area contributed by atoms with Crippen molar-refractivity contribution in [2.75, 3.05) is 0 Å². The van der Waals surface area contributed by atoms with Gasteiger partial charge >= 0.3 is 0 Å². The molecule has 2 aliphatic rings. The zero-order valence-electron chi connectivity index (χ0n) is 7.93. The Labute approximate surface area is 89.6 Å². The molecule has 1 heteroatoms. The Kier molecular flexibility index (Phi) is 2.98. The molecule has 0 saturated heterocycles. The number of hydrogen-bond donors (Lipinski definition) is 0. The van der Waals surface area contributed by atoms with Gasteiger partial charge in [0.25, 0.3) is 0 Å². The first-order chi connectivity index (χ1) is 5.75. The molecule has 0 amide bonds. The van der Waals surface area contributed by atoms with E-state index in [9.17, 15) is 0 Å². The molecule has 0 aliphatic heterocycles. The van der Waals surface area contributed by atoms with Crippen LogP contribution in [0.3, 0.4) is 0 Å². The van der Waals surface area contributed by atoms with Crippen LogP contribution < -0.4 is 0 Å². The molecular formula is C11H19I. The first-order valence-electron chi connectivity index (χ1n) is 5.39. The quantitative estimate of drug-likeness (QED) is 0.463. The second-order valence-electron chi connectivity index (χ2n) is 4.85. The molecule has 70 valence electrons. The van der Waals surface area contributed by atoms with E-state index >= 15 is 0 Å². The van der Waals surface area contributed by atoms with Crippen molar-refractivity contribution in [3.63, 3.8) is 0 Å². The molecule has 0 N–H and O–H groups in total. The van der Waals surface area contributed by atoms with Crippen LogP contribution in [0.15, 0.2) is 0 Å². The lowest BCUT2D eigenvalue weighted by Gasteiger charge is -2.40. The van der Waals surface area contributed by atoms with Crippen LogP contribution in [0, 0.1) is 17.8 Å². The van der Waals surface area contributed by atoms with Crippen LogP contribution in [0.1, 0.15) is 45.4 Å². The van der Waals surface area contributed by atoms with Gasteiger partial charge in [0, 0.05) is 3.92 Å². The average molecular weight is 278 g/mol. The Morgan fingerprint density at radius 2 is 1.58 bits per heavy atom. The van der Waals surface area contributed by atoms with Gasteiger partial charge < -0.3 is 0 Å². The van der Waals surface area contributed by atoms with Gasteiger partial charge in [0.1, 0.15) is 0 Å². The van der Waals surface area contributed by atoms with E-state index in [0.29, 0.717) is 0 Å². The van der Waals surface area contributed by atoms with Crippen LogP contribution in [0.25, 0.3) is 0 Å². The summed E-state index contributed by atoms with van der Waals surface area (Å²) < 4.78 is 0.997. The monoisotopic (exact) mass is 278 g/mol. The molecule has 2 saturated carbocycles. The Bertz CT molecular complexity index is 137. The molecule has 0 radical (unpaired) electrons. The molecule has 4 atom stereocenters. The van der Waals surface area contributed by atoms with Crippen molar-refractivity contribution in [1.82, 2.24) is 0 Å². The van der Waals surface area contributed by atoms with E-state index in [2.05, 4.69) is 29.5 Å². The van der Waals surface area contributed by atoms with Gasteiger partial charge in [-0.1, -0.05) is 35.9 Å². The van der Waals surface area contributed by atoms with Crippen molar-refractivity contribution in [3.05, 3.63) is 0 Å². The molecule has 0 nitrogen and oxygen atoms in total. The predicted octanol–water partition coefficient (Wildman–Crippen LogP) is 4.03. The second-order valence-corrected chi connectivity index (χ2v) is 6.61. The van der Waals surface area contributed by atoms with Gasteiger partial charge in [0.05, 0.1) is 0 Å². The summed E-state index contributed by atoms with van der Waals surface area (Å²) in [5.74, 6) is 3.24. The Morgan fingerprint density at radius 3 is 2.42 bits per heavy atom. The minimum absolute atomic E-state index is 0.997. The van der Waals surface area contributed by atoms with Crippen molar-refractivity contribution >= 4 is 22.6 Å². The van der Waals surface area contributed by atoms with Crippen LogP contribution in [0.4, 0.5) is 0 Å². The standard InChI is InChI=1S/C11H19I/c1-8-2-3-10-7-11(12)5-4-9(10)6-8/h8-11H,2-7H2,1H3. The van der Waals surface area contributed by atoms with Crippen LogP contribution in [0.2, 0.25) is 0 Å². The smallest absolute Gasteiger partial charge is 0.0112 e. The van der Waals surface area contributed by atoms with E-state index in [0.717, 1.165) is 21.7 Å². The van der Waals surface area contributed by atoms with Gasteiger partial charge in [-0.2, -0.15) is 0 Å². The molecule has 2 rings (SSSR count). The summed E-state index contributed by atoms with van der Waals surface area (Å²) in [6.07, 6.45) is 9.12. The second kappa shape index (κ2) is 3.85. The summed E-state index contributed by atoms with van der Waals surface area (Å²) in [6, 6.07) is 0. The van der Waals surface area contributed by atoms with Crippen LogP contribution in [0.5, 0.6) is 0 Å². The summed E-state index contributed by atoms with van der Waals surface area (Å²) in [4.78, 5) is 0. The molecular weight excluding hydrogens is 259 g/mol. The number of rotatable bonds is 0. The Balaban J connectivity index is 1.94. The normalized spacial score (nSPS) is 48.5. The van der Waals surface area contributed by atoms with Gasteiger partial charge in [-0.05, 0) is 49.9 Å². The zero-order valence-corrected chi connectivity index (χ0v) is 10.1. The fourth-order valence-corrected chi connectivity index (χ4v) is 4.08. The maximum Gasteiger partial charge on any atom is 0.0112 e. The Morgan fingerprint density at radius 1 is 0.917 bits per heavy atom. The molecule has 2 aliphatic carbocycles. The molecule has 0 aromatic carbocycles. The van der Waals surface area contributed by atoms with Crippen LogP contribution in [-0.4, -0.2) is 3.92 Å². The lowest BCUT2D eigenvalue weighted by atomic mass is 9.68. The first-order valence-corrected chi connectivity index (χ1v) is 6.64. The summed E-state index contributed by atoms with van der Waals surface area (Å²) in [5, 5.41) is 0. The third-order valence-corrected chi connectivity index (χ3v) is 4.94. The minimum atomic E-state index is 0.997. The van der Waals surface area contributed by atoms with Crippen LogP contribution >= 0.6 is 22.6 Å². The van der Waals surface area contributed by atoms with Crippen molar-refractivity contribution in [3.8, 4) is 0 Å². The van der Waals surface area contributed by atoms with E-state index in [4.69, 9.17) is 0 Å². The van der Waals surface area contributed by atoms with E-state index in [1.54, 1.807) is 0 Å². The van der Waals surface area contributed by atoms with E-state index in [1.807, 2.05) is 0 Å². The van der Waals surface area contributed by atoms with E-state index in [1.165, 1.54) is 38.5 Å². The van der Waals surface area contributed by atoms with Gasteiger partial charge in [-0.3, -0.25) is 0 Å².